The highest BCUT2D eigenvalue weighted by Gasteiger charge is 2.34. The van der Waals surface area contributed by atoms with Crippen LogP contribution in [0.25, 0.3) is 0 Å². The van der Waals surface area contributed by atoms with E-state index in [1.807, 2.05) is 11.5 Å². The van der Waals surface area contributed by atoms with Gasteiger partial charge in [-0.1, -0.05) is 11.8 Å². The van der Waals surface area contributed by atoms with E-state index in [2.05, 4.69) is 10.2 Å². The van der Waals surface area contributed by atoms with Crippen LogP contribution in [-0.4, -0.2) is 63.8 Å². The lowest BCUT2D eigenvalue weighted by atomic mass is 10.2. The van der Waals surface area contributed by atoms with Crippen molar-refractivity contribution in [1.29, 1.82) is 0 Å². The van der Waals surface area contributed by atoms with Crippen molar-refractivity contribution in [3.8, 4) is 0 Å². The number of nitrogens with zero attached hydrogens (tertiary/aromatic N) is 4. The van der Waals surface area contributed by atoms with Crippen molar-refractivity contribution in [2.24, 2.45) is 0 Å². The quantitative estimate of drug-likeness (QED) is 0.708. The van der Waals surface area contributed by atoms with E-state index in [1.165, 1.54) is 11.8 Å². The number of sulfone groups is 1. The van der Waals surface area contributed by atoms with Gasteiger partial charge in [-0.2, -0.15) is 0 Å². The first kappa shape index (κ1) is 15.8. The van der Waals surface area contributed by atoms with Gasteiger partial charge in [-0.05, 0) is 26.2 Å². The molecular formula is C13H20N4O3S2. The summed E-state index contributed by atoms with van der Waals surface area (Å²) in [4.78, 5) is 14.1. The number of hydrogen-bond donors (Lipinski definition) is 0. The molecule has 2 aliphatic rings. The molecule has 1 atom stereocenters. The molecule has 1 unspecified atom stereocenters. The maximum atomic E-state index is 12.4. The Morgan fingerprint density at radius 2 is 2.23 bits per heavy atom. The van der Waals surface area contributed by atoms with Crippen LogP contribution < -0.4 is 0 Å². The molecule has 1 aliphatic heterocycles. The highest BCUT2D eigenvalue weighted by atomic mass is 32.2. The summed E-state index contributed by atoms with van der Waals surface area (Å²) in [5, 5.41) is 8.74. The van der Waals surface area contributed by atoms with Gasteiger partial charge < -0.3 is 9.47 Å². The van der Waals surface area contributed by atoms with Crippen LogP contribution in [0.5, 0.6) is 0 Å². The molecule has 22 heavy (non-hydrogen) atoms. The molecule has 2 fully saturated rings. The van der Waals surface area contributed by atoms with E-state index >= 15 is 0 Å². The summed E-state index contributed by atoms with van der Waals surface area (Å²) in [7, 11) is -2.98. The maximum absolute atomic E-state index is 12.4. The number of amides is 1. The third-order valence-corrected chi connectivity index (χ3v) is 6.81. The van der Waals surface area contributed by atoms with Crippen LogP contribution >= 0.6 is 11.8 Å². The highest BCUT2D eigenvalue weighted by molar-refractivity contribution is 7.99. The van der Waals surface area contributed by atoms with Crippen molar-refractivity contribution in [1.82, 2.24) is 19.7 Å². The van der Waals surface area contributed by atoms with Crippen LogP contribution in [0.3, 0.4) is 0 Å². The molecule has 1 saturated heterocycles. The zero-order valence-corrected chi connectivity index (χ0v) is 14.1. The molecule has 0 spiro atoms. The minimum Gasteiger partial charge on any atom is -0.338 e. The minimum atomic E-state index is -2.98. The Balaban J connectivity index is 1.59. The minimum absolute atomic E-state index is 0.0278. The lowest BCUT2D eigenvalue weighted by Crippen LogP contribution is -2.42. The summed E-state index contributed by atoms with van der Waals surface area (Å²) in [6, 6.07) is 0.305. The molecule has 2 heterocycles. The molecule has 0 aromatic carbocycles. The predicted molar refractivity (Wildman–Crippen MR) is 83.5 cm³/mol. The van der Waals surface area contributed by atoms with Gasteiger partial charge in [0.05, 0.1) is 17.3 Å². The van der Waals surface area contributed by atoms with Crippen molar-refractivity contribution >= 4 is 27.5 Å². The SMILES string of the molecule is CCN(C(=O)CSc1nncn1C1CC1)C1CCS(=O)(=O)C1. The summed E-state index contributed by atoms with van der Waals surface area (Å²) >= 11 is 1.38. The number of aromatic nitrogens is 3. The van der Waals surface area contributed by atoms with E-state index in [4.69, 9.17) is 0 Å². The molecule has 3 rings (SSSR count). The third kappa shape index (κ3) is 3.45. The van der Waals surface area contributed by atoms with Gasteiger partial charge in [0.1, 0.15) is 6.33 Å². The Labute approximate surface area is 134 Å². The first-order valence-electron chi connectivity index (χ1n) is 7.52. The molecule has 1 aliphatic carbocycles. The Bertz CT molecular complexity index is 654. The zero-order valence-electron chi connectivity index (χ0n) is 12.5. The van der Waals surface area contributed by atoms with Crippen molar-refractivity contribution < 1.29 is 13.2 Å². The van der Waals surface area contributed by atoms with Gasteiger partial charge in [0.2, 0.25) is 5.91 Å². The molecule has 1 amide bonds. The molecule has 9 heteroatoms. The number of thioether (sulfide) groups is 1. The Hall–Kier alpha value is -1.09. The summed E-state index contributed by atoms with van der Waals surface area (Å²) < 4.78 is 25.2. The zero-order chi connectivity index (χ0) is 15.7. The van der Waals surface area contributed by atoms with E-state index in [0.717, 1.165) is 18.0 Å². The average molecular weight is 344 g/mol. The number of carbonyl (C=O) groups is 1. The van der Waals surface area contributed by atoms with Gasteiger partial charge in [-0.3, -0.25) is 4.79 Å². The van der Waals surface area contributed by atoms with E-state index in [0.29, 0.717) is 19.0 Å². The standard InChI is InChI=1S/C13H20N4O3S2/c1-2-16(11-5-6-22(19,20)8-11)12(18)7-21-13-15-14-9-17(13)10-3-4-10/h9-11H,2-8H2,1H3. The molecular weight excluding hydrogens is 324 g/mol. The smallest absolute Gasteiger partial charge is 0.233 e. The van der Waals surface area contributed by atoms with Crippen LogP contribution in [-0.2, 0) is 14.6 Å². The second-order valence-electron chi connectivity index (χ2n) is 5.78. The monoisotopic (exact) mass is 344 g/mol. The summed E-state index contributed by atoms with van der Waals surface area (Å²) in [5.74, 6) is 0.524. The molecule has 1 aromatic heterocycles. The van der Waals surface area contributed by atoms with E-state index < -0.39 is 9.84 Å². The summed E-state index contributed by atoms with van der Waals surface area (Å²) in [6.45, 7) is 2.43. The van der Waals surface area contributed by atoms with Crippen LogP contribution in [0.15, 0.2) is 11.5 Å². The Morgan fingerprint density at radius 1 is 1.45 bits per heavy atom. The lowest BCUT2D eigenvalue weighted by Gasteiger charge is -2.26. The van der Waals surface area contributed by atoms with Crippen molar-refractivity contribution in [2.75, 3.05) is 23.8 Å². The van der Waals surface area contributed by atoms with Gasteiger partial charge in [-0.15, -0.1) is 10.2 Å². The van der Waals surface area contributed by atoms with Gasteiger partial charge in [0, 0.05) is 18.6 Å². The second kappa shape index (κ2) is 6.19. The van der Waals surface area contributed by atoms with Crippen LogP contribution in [0.4, 0.5) is 0 Å². The third-order valence-electron chi connectivity index (χ3n) is 4.12. The largest absolute Gasteiger partial charge is 0.338 e. The lowest BCUT2D eigenvalue weighted by molar-refractivity contribution is -0.129. The normalized spacial score (nSPS) is 23.6. The fourth-order valence-corrected chi connectivity index (χ4v) is 5.41. The fraction of sp³-hybridized carbons (Fsp3) is 0.769. The van der Waals surface area contributed by atoms with Crippen LogP contribution in [0.1, 0.15) is 32.2 Å². The Kier molecular flexibility index (Phi) is 4.44. The van der Waals surface area contributed by atoms with Gasteiger partial charge in [-0.25, -0.2) is 8.42 Å². The van der Waals surface area contributed by atoms with Crippen molar-refractivity contribution in [3.05, 3.63) is 6.33 Å². The van der Waals surface area contributed by atoms with Gasteiger partial charge >= 0.3 is 0 Å². The second-order valence-corrected chi connectivity index (χ2v) is 8.95. The Morgan fingerprint density at radius 3 is 2.82 bits per heavy atom. The number of carbonyl (C=O) groups excluding carboxylic acids is 1. The highest BCUT2D eigenvalue weighted by Crippen LogP contribution is 2.37. The molecule has 7 nitrogen and oxygen atoms in total. The maximum Gasteiger partial charge on any atom is 0.233 e. The molecule has 1 saturated carbocycles. The topological polar surface area (TPSA) is 85.2 Å². The first-order valence-corrected chi connectivity index (χ1v) is 10.3. The molecule has 0 bridgehead atoms. The van der Waals surface area contributed by atoms with E-state index in [1.54, 1.807) is 11.2 Å². The first-order chi connectivity index (χ1) is 10.5. The predicted octanol–water partition coefficient (Wildman–Crippen LogP) is 0.741. The molecule has 0 N–H and O–H groups in total. The van der Waals surface area contributed by atoms with Crippen LogP contribution in [0.2, 0.25) is 0 Å². The summed E-state index contributed by atoms with van der Waals surface area (Å²) in [6.07, 6.45) is 4.54. The molecule has 1 aromatic rings. The van der Waals surface area contributed by atoms with Gasteiger partial charge in [0.15, 0.2) is 15.0 Å². The fourth-order valence-electron chi connectivity index (χ4n) is 2.81. The van der Waals surface area contributed by atoms with Crippen molar-refractivity contribution in [3.63, 3.8) is 0 Å². The van der Waals surface area contributed by atoms with Gasteiger partial charge in [0.25, 0.3) is 0 Å². The van der Waals surface area contributed by atoms with E-state index in [9.17, 15) is 13.2 Å². The summed E-state index contributed by atoms with van der Waals surface area (Å²) in [5.41, 5.74) is 0. The van der Waals surface area contributed by atoms with Crippen LogP contribution in [0, 0.1) is 0 Å². The van der Waals surface area contributed by atoms with E-state index in [-0.39, 0.29) is 29.2 Å². The molecule has 122 valence electrons. The number of hydrogen-bond acceptors (Lipinski definition) is 6. The van der Waals surface area contributed by atoms with Crippen molar-refractivity contribution in [2.45, 2.75) is 43.4 Å². The molecule has 0 radical (unpaired) electrons. The average Bonchev–Trinajstić information content (AvgIpc) is 3.10. The number of rotatable bonds is 6.